The van der Waals surface area contributed by atoms with Crippen molar-refractivity contribution in [1.82, 2.24) is 5.32 Å². The Morgan fingerprint density at radius 1 is 1.41 bits per heavy atom. The van der Waals surface area contributed by atoms with Crippen LogP contribution in [0.3, 0.4) is 0 Å². The van der Waals surface area contributed by atoms with Crippen LogP contribution in [0.5, 0.6) is 0 Å². The highest BCUT2D eigenvalue weighted by atomic mass is 79.9. The SMILES string of the molecule is O=C1CCN(c2ccc(Br)cc2CO)CCN1. The van der Waals surface area contributed by atoms with E-state index in [0.717, 1.165) is 22.3 Å². The van der Waals surface area contributed by atoms with Gasteiger partial charge in [0, 0.05) is 41.8 Å². The van der Waals surface area contributed by atoms with Crippen molar-refractivity contribution < 1.29 is 9.90 Å². The van der Waals surface area contributed by atoms with E-state index in [0.29, 0.717) is 19.5 Å². The minimum absolute atomic E-state index is 0.00660. The third kappa shape index (κ3) is 2.98. The molecule has 1 aliphatic heterocycles. The summed E-state index contributed by atoms with van der Waals surface area (Å²) in [5.74, 6) is 0.0927. The van der Waals surface area contributed by atoms with Gasteiger partial charge in [0.1, 0.15) is 0 Å². The van der Waals surface area contributed by atoms with Crippen molar-refractivity contribution in [2.45, 2.75) is 13.0 Å². The average Bonchev–Trinajstić information content (AvgIpc) is 2.54. The minimum Gasteiger partial charge on any atom is -0.392 e. The lowest BCUT2D eigenvalue weighted by molar-refractivity contribution is -0.120. The van der Waals surface area contributed by atoms with Crippen molar-refractivity contribution in [3.8, 4) is 0 Å². The summed E-state index contributed by atoms with van der Waals surface area (Å²) in [6, 6.07) is 5.84. The molecule has 5 heteroatoms. The smallest absolute Gasteiger partial charge is 0.221 e. The number of aliphatic hydroxyl groups is 1. The normalized spacial score (nSPS) is 16.6. The molecule has 0 atom stereocenters. The van der Waals surface area contributed by atoms with Crippen molar-refractivity contribution in [1.29, 1.82) is 0 Å². The lowest BCUT2D eigenvalue weighted by Gasteiger charge is -2.24. The number of carbonyl (C=O) groups excluding carboxylic acids is 1. The highest BCUT2D eigenvalue weighted by Gasteiger charge is 2.16. The van der Waals surface area contributed by atoms with E-state index in [1.165, 1.54) is 0 Å². The van der Waals surface area contributed by atoms with Gasteiger partial charge >= 0.3 is 0 Å². The largest absolute Gasteiger partial charge is 0.392 e. The van der Waals surface area contributed by atoms with Gasteiger partial charge in [-0.2, -0.15) is 0 Å². The van der Waals surface area contributed by atoms with Crippen molar-refractivity contribution in [2.24, 2.45) is 0 Å². The summed E-state index contributed by atoms with van der Waals surface area (Å²) in [6.45, 7) is 2.13. The van der Waals surface area contributed by atoms with Crippen LogP contribution >= 0.6 is 15.9 Å². The van der Waals surface area contributed by atoms with Gasteiger partial charge in [-0.1, -0.05) is 15.9 Å². The molecule has 0 unspecified atom stereocenters. The minimum atomic E-state index is 0.00660. The number of nitrogens with one attached hydrogen (secondary N) is 1. The topological polar surface area (TPSA) is 52.6 Å². The molecule has 1 amide bonds. The van der Waals surface area contributed by atoms with E-state index in [2.05, 4.69) is 26.1 Å². The molecule has 1 aliphatic rings. The van der Waals surface area contributed by atoms with Crippen LogP contribution in [0, 0.1) is 0 Å². The van der Waals surface area contributed by atoms with E-state index in [1.807, 2.05) is 18.2 Å². The standard InChI is InChI=1S/C12H15BrN2O2/c13-10-1-2-11(9(7-10)8-16)15-5-3-12(17)14-4-6-15/h1-2,7,16H,3-6,8H2,(H,14,17). The van der Waals surface area contributed by atoms with Crippen LogP contribution in [0.1, 0.15) is 12.0 Å². The molecule has 0 spiro atoms. The highest BCUT2D eigenvalue weighted by Crippen LogP contribution is 2.25. The van der Waals surface area contributed by atoms with Crippen LogP contribution in [-0.4, -0.2) is 30.6 Å². The Kier molecular flexibility index (Phi) is 4.02. The molecule has 1 aromatic rings. The maximum Gasteiger partial charge on any atom is 0.221 e. The summed E-state index contributed by atoms with van der Waals surface area (Å²) in [5.41, 5.74) is 1.89. The van der Waals surface area contributed by atoms with Crippen LogP contribution < -0.4 is 10.2 Å². The van der Waals surface area contributed by atoms with E-state index in [9.17, 15) is 9.90 Å². The number of halogens is 1. The van der Waals surface area contributed by atoms with Gasteiger partial charge in [0.05, 0.1) is 6.61 Å². The Bertz CT molecular complexity index is 423. The van der Waals surface area contributed by atoms with E-state index in [1.54, 1.807) is 0 Å². The second kappa shape index (κ2) is 5.51. The van der Waals surface area contributed by atoms with E-state index in [4.69, 9.17) is 0 Å². The summed E-state index contributed by atoms with van der Waals surface area (Å²) in [4.78, 5) is 13.4. The van der Waals surface area contributed by atoms with Gasteiger partial charge in [-0.15, -0.1) is 0 Å². The van der Waals surface area contributed by atoms with Gasteiger partial charge in [-0.25, -0.2) is 0 Å². The van der Waals surface area contributed by atoms with Gasteiger partial charge < -0.3 is 15.3 Å². The van der Waals surface area contributed by atoms with Crippen molar-refractivity contribution in [3.05, 3.63) is 28.2 Å². The van der Waals surface area contributed by atoms with Crippen LogP contribution in [0.2, 0.25) is 0 Å². The summed E-state index contributed by atoms with van der Waals surface area (Å²) < 4.78 is 0.953. The first kappa shape index (κ1) is 12.4. The second-order valence-corrected chi connectivity index (χ2v) is 4.93. The zero-order chi connectivity index (χ0) is 12.3. The predicted molar refractivity (Wildman–Crippen MR) is 69.9 cm³/mol. The van der Waals surface area contributed by atoms with Crippen LogP contribution in [0.15, 0.2) is 22.7 Å². The number of hydrogen-bond acceptors (Lipinski definition) is 3. The molecule has 1 aromatic carbocycles. The molecule has 2 rings (SSSR count). The van der Waals surface area contributed by atoms with Gasteiger partial charge in [-0.05, 0) is 18.2 Å². The molecule has 4 nitrogen and oxygen atoms in total. The number of amides is 1. The number of benzene rings is 1. The molecule has 0 bridgehead atoms. The first-order valence-electron chi connectivity index (χ1n) is 5.61. The molecular formula is C12H15BrN2O2. The Labute approximate surface area is 109 Å². The number of anilines is 1. The maximum atomic E-state index is 11.3. The molecular weight excluding hydrogens is 284 g/mol. The molecule has 1 fully saturated rings. The van der Waals surface area contributed by atoms with E-state index >= 15 is 0 Å². The van der Waals surface area contributed by atoms with Crippen molar-refractivity contribution in [2.75, 3.05) is 24.5 Å². The number of carbonyl (C=O) groups is 1. The highest BCUT2D eigenvalue weighted by molar-refractivity contribution is 9.10. The Morgan fingerprint density at radius 3 is 3.00 bits per heavy atom. The Balaban J connectivity index is 2.23. The van der Waals surface area contributed by atoms with Crippen LogP contribution in [0.25, 0.3) is 0 Å². The number of rotatable bonds is 2. The molecule has 0 aliphatic carbocycles. The van der Waals surface area contributed by atoms with Crippen molar-refractivity contribution in [3.63, 3.8) is 0 Å². The lowest BCUT2D eigenvalue weighted by atomic mass is 10.1. The zero-order valence-electron chi connectivity index (χ0n) is 9.45. The summed E-state index contributed by atoms with van der Waals surface area (Å²) in [6.07, 6.45) is 0.501. The van der Waals surface area contributed by atoms with Crippen LogP contribution in [0.4, 0.5) is 5.69 Å². The number of aliphatic hydroxyl groups excluding tert-OH is 1. The third-order valence-electron chi connectivity index (χ3n) is 2.87. The number of nitrogens with zero attached hydrogens (tertiary/aromatic N) is 1. The molecule has 17 heavy (non-hydrogen) atoms. The summed E-state index contributed by atoms with van der Waals surface area (Å²) in [7, 11) is 0. The molecule has 0 saturated carbocycles. The maximum absolute atomic E-state index is 11.3. The van der Waals surface area contributed by atoms with E-state index < -0.39 is 0 Å². The first-order chi connectivity index (χ1) is 8.20. The Hall–Kier alpha value is -1.07. The molecule has 0 aromatic heterocycles. The second-order valence-electron chi connectivity index (χ2n) is 4.02. The van der Waals surface area contributed by atoms with Gasteiger partial charge in [0.15, 0.2) is 0 Å². The monoisotopic (exact) mass is 298 g/mol. The van der Waals surface area contributed by atoms with Gasteiger partial charge in [0.25, 0.3) is 0 Å². The fourth-order valence-corrected chi connectivity index (χ4v) is 2.41. The molecule has 2 N–H and O–H groups in total. The average molecular weight is 299 g/mol. The number of hydrogen-bond donors (Lipinski definition) is 2. The summed E-state index contributed by atoms with van der Waals surface area (Å²) in [5, 5.41) is 12.2. The fourth-order valence-electron chi connectivity index (χ4n) is 2.00. The molecule has 0 radical (unpaired) electrons. The van der Waals surface area contributed by atoms with Crippen molar-refractivity contribution >= 4 is 27.5 Å². The third-order valence-corrected chi connectivity index (χ3v) is 3.36. The quantitative estimate of drug-likeness (QED) is 0.864. The zero-order valence-corrected chi connectivity index (χ0v) is 11.0. The first-order valence-corrected chi connectivity index (χ1v) is 6.41. The van der Waals surface area contributed by atoms with Crippen LogP contribution in [-0.2, 0) is 11.4 Å². The predicted octanol–water partition coefficient (Wildman–Crippen LogP) is 1.27. The van der Waals surface area contributed by atoms with E-state index in [-0.39, 0.29) is 12.5 Å². The summed E-state index contributed by atoms with van der Waals surface area (Å²) >= 11 is 3.39. The Morgan fingerprint density at radius 2 is 2.24 bits per heavy atom. The lowest BCUT2D eigenvalue weighted by Crippen LogP contribution is -2.29. The molecule has 1 saturated heterocycles. The van der Waals surface area contributed by atoms with Gasteiger partial charge in [-0.3, -0.25) is 4.79 Å². The fraction of sp³-hybridized carbons (Fsp3) is 0.417. The molecule has 92 valence electrons. The molecule has 1 heterocycles. The van der Waals surface area contributed by atoms with Gasteiger partial charge in [0.2, 0.25) is 5.91 Å².